The molecule has 0 bridgehead atoms. The largest absolute Gasteiger partial charge is 0.366 e. The number of carbonyl (C=O) groups is 1. The van der Waals surface area contributed by atoms with E-state index in [1.807, 2.05) is 0 Å². The quantitative estimate of drug-likeness (QED) is 0.323. The molecule has 194 valence electrons. The van der Waals surface area contributed by atoms with Crippen LogP contribution >= 0.6 is 0 Å². The smallest absolute Gasteiger partial charge is 0.222 e. The molecule has 0 radical (unpaired) electrons. The number of hydrogen-bond acceptors (Lipinski definition) is 3. The number of carbonyl (C=O) groups excluding carboxylic acids is 1. The summed E-state index contributed by atoms with van der Waals surface area (Å²) in [7, 11) is 0. The van der Waals surface area contributed by atoms with Gasteiger partial charge >= 0.3 is 0 Å². The molecule has 4 nitrogen and oxygen atoms in total. The molecule has 4 heteroatoms. The fraction of sp³-hybridized carbons (Fsp3) is 0.424. The standard InChI is InChI=1S/C33H41N3O/c37-33(21-20-28-12-4-1-5-13-28)35-24-22-34(23-25-35)31-18-10-11-19-32(31)36(26-29-14-6-2-7-15-29)27-30-16-8-3-9-17-30/h2-3,6-11,14-19,28H,1,4-5,12-13,20-27H2. The van der Waals surface area contributed by atoms with Gasteiger partial charge < -0.3 is 14.7 Å². The second-order valence-electron chi connectivity index (χ2n) is 10.7. The highest BCUT2D eigenvalue weighted by atomic mass is 16.2. The number of piperazine rings is 1. The Morgan fingerprint density at radius 2 is 1.27 bits per heavy atom. The third kappa shape index (κ3) is 6.94. The van der Waals surface area contributed by atoms with Crippen molar-refractivity contribution in [3.63, 3.8) is 0 Å². The van der Waals surface area contributed by atoms with Crippen LogP contribution in [0.25, 0.3) is 0 Å². The van der Waals surface area contributed by atoms with Gasteiger partial charge in [-0.3, -0.25) is 4.79 Å². The van der Waals surface area contributed by atoms with Gasteiger partial charge in [0.2, 0.25) is 5.91 Å². The highest BCUT2D eigenvalue weighted by Gasteiger charge is 2.25. The van der Waals surface area contributed by atoms with Gasteiger partial charge in [-0.25, -0.2) is 0 Å². The number of amides is 1. The monoisotopic (exact) mass is 495 g/mol. The zero-order valence-electron chi connectivity index (χ0n) is 22.1. The van der Waals surface area contributed by atoms with E-state index >= 15 is 0 Å². The molecule has 1 saturated heterocycles. The minimum Gasteiger partial charge on any atom is -0.366 e. The minimum absolute atomic E-state index is 0.355. The Kier molecular flexibility index (Phi) is 8.78. The third-order valence-corrected chi connectivity index (χ3v) is 8.12. The van der Waals surface area contributed by atoms with E-state index in [0.717, 1.165) is 58.0 Å². The maximum atomic E-state index is 13.0. The third-order valence-electron chi connectivity index (χ3n) is 8.12. The Bertz CT molecular complexity index is 1060. The van der Waals surface area contributed by atoms with Crippen LogP contribution in [-0.4, -0.2) is 37.0 Å². The lowest BCUT2D eigenvalue weighted by atomic mass is 9.86. The molecule has 1 aliphatic heterocycles. The molecule has 2 fully saturated rings. The Morgan fingerprint density at radius 1 is 0.703 bits per heavy atom. The van der Waals surface area contributed by atoms with Gasteiger partial charge in [-0.1, -0.05) is 105 Å². The summed E-state index contributed by atoms with van der Waals surface area (Å²) in [4.78, 5) is 20.0. The first-order valence-corrected chi connectivity index (χ1v) is 14.2. The second kappa shape index (κ2) is 12.8. The molecule has 5 rings (SSSR count). The SMILES string of the molecule is O=C(CCC1CCCCC1)N1CCN(c2ccccc2N(Cc2ccccc2)Cc2ccccc2)CC1. The first-order valence-electron chi connectivity index (χ1n) is 14.2. The lowest BCUT2D eigenvalue weighted by Gasteiger charge is -2.39. The van der Waals surface area contributed by atoms with E-state index in [1.165, 1.54) is 54.6 Å². The summed E-state index contributed by atoms with van der Waals surface area (Å²) < 4.78 is 0. The minimum atomic E-state index is 0.355. The van der Waals surface area contributed by atoms with E-state index in [4.69, 9.17) is 0 Å². The maximum Gasteiger partial charge on any atom is 0.222 e. The maximum absolute atomic E-state index is 13.0. The van der Waals surface area contributed by atoms with Crippen LogP contribution in [0.4, 0.5) is 11.4 Å². The summed E-state index contributed by atoms with van der Waals surface area (Å²) in [5.41, 5.74) is 5.14. The summed E-state index contributed by atoms with van der Waals surface area (Å²) >= 11 is 0. The first kappa shape index (κ1) is 25.4. The van der Waals surface area contributed by atoms with E-state index in [0.29, 0.717) is 5.91 Å². The van der Waals surface area contributed by atoms with Crippen molar-refractivity contribution in [2.24, 2.45) is 5.92 Å². The molecule has 1 saturated carbocycles. The van der Waals surface area contributed by atoms with Crippen molar-refractivity contribution < 1.29 is 4.79 Å². The molecular weight excluding hydrogens is 454 g/mol. The molecule has 37 heavy (non-hydrogen) atoms. The number of benzene rings is 3. The predicted octanol–water partition coefficient (Wildman–Crippen LogP) is 6.90. The fourth-order valence-corrected chi connectivity index (χ4v) is 5.99. The molecule has 1 heterocycles. The summed E-state index contributed by atoms with van der Waals surface area (Å²) in [5, 5.41) is 0. The van der Waals surface area contributed by atoms with Crippen LogP contribution in [-0.2, 0) is 17.9 Å². The molecule has 0 atom stereocenters. The molecular formula is C33H41N3O. The molecule has 2 aliphatic rings. The molecule has 0 N–H and O–H groups in total. The summed E-state index contributed by atoms with van der Waals surface area (Å²) in [6, 6.07) is 30.2. The van der Waals surface area contributed by atoms with Crippen molar-refractivity contribution in [1.29, 1.82) is 0 Å². The molecule has 1 amide bonds. The van der Waals surface area contributed by atoms with Crippen LogP contribution in [0.1, 0.15) is 56.1 Å². The summed E-state index contributed by atoms with van der Waals surface area (Å²) in [5.74, 6) is 1.12. The molecule has 0 unspecified atom stereocenters. The molecule has 0 aromatic heterocycles. The van der Waals surface area contributed by atoms with Crippen molar-refractivity contribution in [2.75, 3.05) is 36.0 Å². The van der Waals surface area contributed by atoms with E-state index in [9.17, 15) is 4.79 Å². The van der Waals surface area contributed by atoms with Crippen LogP contribution in [0.15, 0.2) is 84.9 Å². The summed E-state index contributed by atoms with van der Waals surface area (Å²) in [6.45, 7) is 5.11. The lowest BCUT2D eigenvalue weighted by molar-refractivity contribution is -0.131. The number of hydrogen-bond donors (Lipinski definition) is 0. The van der Waals surface area contributed by atoms with Crippen LogP contribution in [0.5, 0.6) is 0 Å². The first-order chi connectivity index (χ1) is 18.3. The normalized spacial score (nSPS) is 16.5. The Balaban J connectivity index is 1.26. The number of rotatable bonds is 9. The van der Waals surface area contributed by atoms with Gasteiger partial charge in [0.15, 0.2) is 0 Å². The second-order valence-corrected chi connectivity index (χ2v) is 10.7. The van der Waals surface area contributed by atoms with Gasteiger partial charge in [0, 0.05) is 45.7 Å². The van der Waals surface area contributed by atoms with Gasteiger partial charge in [0.05, 0.1) is 11.4 Å². The van der Waals surface area contributed by atoms with Crippen molar-refractivity contribution >= 4 is 17.3 Å². The van der Waals surface area contributed by atoms with Crippen LogP contribution in [0.3, 0.4) is 0 Å². The Hall–Kier alpha value is -3.27. The zero-order chi connectivity index (χ0) is 25.3. The molecule has 1 aliphatic carbocycles. The zero-order valence-corrected chi connectivity index (χ0v) is 22.1. The van der Waals surface area contributed by atoms with E-state index in [2.05, 4.69) is 99.6 Å². The average molecular weight is 496 g/mol. The van der Waals surface area contributed by atoms with E-state index < -0.39 is 0 Å². The topological polar surface area (TPSA) is 26.8 Å². The highest BCUT2D eigenvalue weighted by molar-refractivity contribution is 5.77. The van der Waals surface area contributed by atoms with Crippen LogP contribution < -0.4 is 9.80 Å². The van der Waals surface area contributed by atoms with Gasteiger partial charge in [-0.05, 0) is 35.6 Å². The Labute approximate surface area is 222 Å². The average Bonchev–Trinajstić information content (AvgIpc) is 2.97. The van der Waals surface area contributed by atoms with Gasteiger partial charge in [0.25, 0.3) is 0 Å². The lowest BCUT2D eigenvalue weighted by Crippen LogP contribution is -2.49. The Morgan fingerprint density at radius 3 is 1.89 bits per heavy atom. The fourth-order valence-electron chi connectivity index (χ4n) is 5.99. The van der Waals surface area contributed by atoms with Crippen molar-refractivity contribution in [3.05, 3.63) is 96.1 Å². The van der Waals surface area contributed by atoms with Crippen LogP contribution in [0, 0.1) is 5.92 Å². The summed E-state index contributed by atoms with van der Waals surface area (Å²) in [6.07, 6.45) is 8.52. The number of nitrogens with zero attached hydrogens (tertiary/aromatic N) is 3. The van der Waals surface area contributed by atoms with E-state index in [1.54, 1.807) is 0 Å². The van der Waals surface area contributed by atoms with Gasteiger partial charge in [-0.2, -0.15) is 0 Å². The van der Waals surface area contributed by atoms with Gasteiger partial charge in [-0.15, -0.1) is 0 Å². The molecule has 0 spiro atoms. The number of anilines is 2. The predicted molar refractivity (Wildman–Crippen MR) is 154 cm³/mol. The highest BCUT2D eigenvalue weighted by Crippen LogP contribution is 2.33. The van der Waals surface area contributed by atoms with Crippen molar-refractivity contribution in [3.8, 4) is 0 Å². The van der Waals surface area contributed by atoms with Crippen molar-refractivity contribution in [1.82, 2.24) is 4.90 Å². The van der Waals surface area contributed by atoms with Crippen molar-refractivity contribution in [2.45, 2.75) is 58.0 Å². The molecule has 3 aromatic carbocycles. The number of para-hydroxylation sites is 2. The molecule has 3 aromatic rings. The van der Waals surface area contributed by atoms with Crippen LogP contribution in [0.2, 0.25) is 0 Å². The van der Waals surface area contributed by atoms with E-state index in [-0.39, 0.29) is 0 Å². The van der Waals surface area contributed by atoms with Gasteiger partial charge in [0.1, 0.15) is 0 Å².